The molecule has 0 spiro atoms. The zero-order chi connectivity index (χ0) is 6.57. The van der Waals surface area contributed by atoms with Gasteiger partial charge in [-0.2, -0.15) is 0 Å². The molecule has 9 heavy (non-hydrogen) atoms. The summed E-state index contributed by atoms with van der Waals surface area (Å²) >= 11 is 3.37. The second-order valence-electron chi connectivity index (χ2n) is 1.29. The zero-order valence-corrected chi connectivity index (χ0v) is 7.61. The van der Waals surface area contributed by atoms with Crippen LogP contribution in [0, 0.1) is 0 Å². The molecule has 0 aliphatic carbocycles. The minimum Gasteiger partial charge on any atom is -0.481 e. The Bertz CT molecular complexity index is 100. The molecule has 0 radical (unpaired) electrons. The molecule has 0 saturated carbocycles. The van der Waals surface area contributed by atoms with Crippen molar-refractivity contribution in [2.24, 2.45) is 0 Å². The van der Waals surface area contributed by atoms with Crippen LogP contribution in [0.1, 0.15) is 12.8 Å². The smallest absolute Gasteiger partial charge is 0.303 e. The number of carbonyl (C=O) groups excluding carboxylic acids is 1. The molecule has 0 aliphatic rings. The predicted octanol–water partition coefficient (Wildman–Crippen LogP) is 0.305. The van der Waals surface area contributed by atoms with Crippen LogP contribution in [0.25, 0.3) is 0 Å². The van der Waals surface area contributed by atoms with Crippen LogP contribution in [-0.4, -0.2) is 16.2 Å². The Morgan fingerprint density at radius 1 is 1.33 bits per heavy atom. The SMILES string of the molecule is O=C(O)CCC(=O)S.[Pt]. The van der Waals surface area contributed by atoms with Crippen molar-refractivity contribution < 1.29 is 35.8 Å². The number of hydrogen-bond acceptors (Lipinski definition) is 2. The fourth-order valence-electron chi connectivity index (χ4n) is 0.214. The fourth-order valence-corrected chi connectivity index (χ4v) is 0.326. The first-order valence-corrected chi connectivity index (χ1v) is 2.51. The molecule has 0 heterocycles. The van der Waals surface area contributed by atoms with E-state index in [0.29, 0.717) is 0 Å². The number of carboxylic acids is 1. The van der Waals surface area contributed by atoms with Crippen molar-refractivity contribution in [1.82, 2.24) is 0 Å². The maximum Gasteiger partial charge on any atom is 0.303 e. The van der Waals surface area contributed by atoms with E-state index in [-0.39, 0.29) is 39.0 Å². The van der Waals surface area contributed by atoms with Gasteiger partial charge < -0.3 is 5.11 Å². The topological polar surface area (TPSA) is 54.4 Å². The summed E-state index contributed by atoms with van der Waals surface area (Å²) in [4.78, 5) is 19.7. The van der Waals surface area contributed by atoms with E-state index in [9.17, 15) is 9.59 Å². The molecular weight excluding hydrogens is 323 g/mol. The Balaban J connectivity index is 0. The Kier molecular flexibility index (Phi) is 8.34. The summed E-state index contributed by atoms with van der Waals surface area (Å²) in [7, 11) is 0. The van der Waals surface area contributed by atoms with Crippen molar-refractivity contribution in [3.63, 3.8) is 0 Å². The Morgan fingerprint density at radius 2 is 1.78 bits per heavy atom. The summed E-state index contributed by atoms with van der Waals surface area (Å²) < 4.78 is 0. The maximum atomic E-state index is 9.95. The van der Waals surface area contributed by atoms with Gasteiger partial charge in [0.15, 0.2) is 5.12 Å². The van der Waals surface area contributed by atoms with Crippen molar-refractivity contribution >= 4 is 23.7 Å². The van der Waals surface area contributed by atoms with Gasteiger partial charge >= 0.3 is 5.97 Å². The predicted molar refractivity (Wildman–Crippen MR) is 30.9 cm³/mol. The number of hydrogen-bond donors (Lipinski definition) is 2. The normalized spacial score (nSPS) is 7.67. The van der Waals surface area contributed by atoms with Gasteiger partial charge in [-0.25, -0.2) is 0 Å². The number of rotatable bonds is 3. The van der Waals surface area contributed by atoms with Crippen LogP contribution < -0.4 is 0 Å². The van der Waals surface area contributed by atoms with E-state index in [4.69, 9.17) is 5.11 Å². The van der Waals surface area contributed by atoms with E-state index < -0.39 is 5.97 Å². The quantitative estimate of drug-likeness (QED) is 0.733. The van der Waals surface area contributed by atoms with E-state index in [0.717, 1.165) is 0 Å². The summed E-state index contributed by atoms with van der Waals surface area (Å²) in [6, 6.07) is 0. The first-order chi connectivity index (χ1) is 3.63. The molecule has 1 N–H and O–H groups in total. The van der Waals surface area contributed by atoms with Gasteiger partial charge in [0.1, 0.15) is 0 Å². The summed E-state index contributed by atoms with van der Waals surface area (Å²) in [5.41, 5.74) is 0. The van der Waals surface area contributed by atoms with Crippen LogP contribution in [0.15, 0.2) is 0 Å². The van der Waals surface area contributed by atoms with E-state index in [2.05, 4.69) is 12.6 Å². The van der Waals surface area contributed by atoms with E-state index >= 15 is 0 Å². The number of aliphatic carboxylic acids is 1. The van der Waals surface area contributed by atoms with Crippen molar-refractivity contribution in [3.05, 3.63) is 0 Å². The van der Waals surface area contributed by atoms with Gasteiger partial charge in [0, 0.05) is 27.5 Å². The van der Waals surface area contributed by atoms with Crippen LogP contribution in [0.4, 0.5) is 0 Å². The summed E-state index contributed by atoms with van der Waals surface area (Å²) in [5.74, 6) is -0.965. The van der Waals surface area contributed by atoms with Crippen LogP contribution in [0.3, 0.4) is 0 Å². The second kappa shape index (κ2) is 6.30. The van der Waals surface area contributed by atoms with Gasteiger partial charge in [-0.3, -0.25) is 9.59 Å². The van der Waals surface area contributed by atoms with Crippen LogP contribution in [-0.2, 0) is 30.7 Å². The first kappa shape index (κ1) is 11.9. The molecular formula is C4H6O3PtS. The molecule has 56 valence electrons. The summed E-state index contributed by atoms with van der Waals surface area (Å²) in [5, 5.41) is 7.59. The second-order valence-corrected chi connectivity index (χ2v) is 1.79. The largest absolute Gasteiger partial charge is 0.481 e. The van der Waals surface area contributed by atoms with Crippen LogP contribution >= 0.6 is 12.6 Å². The monoisotopic (exact) mass is 329 g/mol. The van der Waals surface area contributed by atoms with Gasteiger partial charge in [-0.05, 0) is 0 Å². The average Bonchev–Trinajstić information content (AvgIpc) is 1.61. The Labute approximate surface area is 72.5 Å². The third kappa shape index (κ3) is 11.6. The van der Waals surface area contributed by atoms with Crippen molar-refractivity contribution in [1.29, 1.82) is 0 Å². The Hall–Kier alpha value is 0.178. The summed E-state index contributed by atoms with van der Waals surface area (Å²) in [6.07, 6.45) is -0.110. The molecule has 0 bridgehead atoms. The molecule has 3 nitrogen and oxygen atoms in total. The van der Waals surface area contributed by atoms with E-state index in [1.807, 2.05) is 0 Å². The van der Waals surface area contributed by atoms with E-state index in [1.165, 1.54) is 0 Å². The molecule has 0 aromatic carbocycles. The minimum atomic E-state index is -0.965. The molecule has 0 fully saturated rings. The van der Waals surface area contributed by atoms with E-state index in [1.54, 1.807) is 0 Å². The number of carbonyl (C=O) groups is 2. The zero-order valence-electron chi connectivity index (χ0n) is 4.44. The molecule has 0 amide bonds. The standard InChI is InChI=1S/C4H6O3S.Pt/c5-3(6)1-2-4(7)8;/h1-2H2,(H,5,6)(H,7,8);. The van der Waals surface area contributed by atoms with Crippen molar-refractivity contribution in [3.8, 4) is 0 Å². The first-order valence-electron chi connectivity index (χ1n) is 2.06. The van der Waals surface area contributed by atoms with Gasteiger partial charge in [-0.15, -0.1) is 12.6 Å². The fraction of sp³-hybridized carbons (Fsp3) is 0.500. The third-order valence-electron chi connectivity index (χ3n) is 0.553. The van der Waals surface area contributed by atoms with Gasteiger partial charge in [0.2, 0.25) is 0 Å². The molecule has 0 rings (SSSR count). The molecule has 0 aromatic rings. The summed E-state index contributed by atoms with van der Waals surface area (Å²) in [6.45, 7) is 0. The van der Waals surface area contributed by atoms with Crippen molar-refractivity contribution in [2.45, 2.75) is 12.8 Å². The molecule has 0 aromatic heterocycles. The molecule has 0 saturated heterocycles. The number of carboxylic acid groups (broad SMARTS) is 1. The molecule has 0 atom stereocenters. The van der Waals surface area contributed by atoms with Crippen LogP contribution in [0.2, 0.25) is 0 Å². The average molecular weight is 329 g/mol. The van der Waals surface area contributed by atoms with Crippen molar-refractivity contribution in [2.75, 3.05) is 0 Å². The number of thiol groups is 1. The molecule has 0 aliphatic heterocycles. The minimum absolute atomic E-state index is 0. The Morgan fingerprint density at radius 3 is 1.89 bits per heavy atom. The van der Waals surface area contributed by atoms with Gasteiger partial charge in [-0.1, -0.05) is 0 Å². The van der Waals surface area contributed by atoms with Crippen LogP contribution in [0.5, 0.6) is 0 Å². The molecule has 5 heteroatoms. The maximum absolute atomic E-state index is 9.95. The third-order valence-corrected chi connectivity index (χ3v) is 0.776. The van der Waals surface area contributed by atoms with Gasteiger partial charge in [0.05, 0.1) is 6.42 Å². The van der Waals surface area contributed by atoms with Gasteiger partial charge in [0.25, 0.3) is 0 Å². The molecule has 0 unspecified atom stereocenters.